The molecule has 24 heavy (non-hydrogen) atoms. The molecule has 0 unspecified atom stereocenters. The zero-order chi connectivity index (χ0) is 17.9. The first-order chi connectivity index (χ1) is 11.3. The van der Waals surface area contributed by atoms with Gasteiger partial charge in [0, 0.05) is 11.0 Å². The molecule has 2 rings (SSSR count). The van der Waals surface area contributed by atoms with Crippen LogP contribution in [0.2, 0.25) is 0 Å². The van der Waals surface area contributed by atoms with E-state index in [1.165, 1.54) is 0 Å². The highest BCUT2D eigenvalue weighted by Gasteiger charge is 2.30. The molecule has 4 heteroatoms. The molecule has 0 aliphatic heterocycles. The van der Waals surface area contributed by atoms with Gasteiger partial charge in [-0.1, -0.05) is 63.8 Å². The van der Waals surface area contributed by atoms with E-state index in [2.05, 4.69) is 49.9 Å². The van der Waals surface area contributed by atoms with Gasteiger partial charge in [-0.2, -0.15) is 0 Å². The van der Waals surface area contributed by atoms with Gasteiger partial charge in [-0.3, -0.25) is 0 Å². The molecule has 0 radical (unpaired) electrons. The van der Waals surface area contributed by atoms with Gasteiger partial charge in [0.05, 0.1) is 11.3 Å². The monoisotopic (exact) mass is 435 g/mol. The number of halogens is 1. The maximum atomic E-state index is 12.8. The van der Waals surface area contributed by atoms with E-state index in [9.17, 15) is 4.79 Å². The average molecular weight is 435 g/mol. The minimum atomic E-state index is -0.356. The van der Waals surface area contributed by atoms with Gasteiger partial charge in [0.2, 0.25) is 0 Å². The second-order valence-electron chi connectivity index (χ2n) is 6.63. The molecule has 0 aliphatic carbocycles. The second-order valence-corrected chi connectivity index (χ2v) is 7.65. The topological polar surface area (TPSA) is 39.2 Å². The van der Waals surface area contributed by atoms with Crippen molar-refractivity contribution in [3.63, 3.8) is 0 Å². The summed E-state index contributed by atoms with van der Waals surface area (Å²) < 4.78 is 6.27. The molecule has 126 valence electrons. The van der Waals surface area contributed by atoms with Gasteiger partial charge in [0.1, 0.15) is 10.3 Å². The lowest BCUT2D eigenvalue weighted by atomic mass is 9.84. The number of rotatable bonds is 4. The molecule has 0 N–H and O–H groups in total. The third-order valence-electron chi connectivity index (χ3n) is 3.69. The standard InChI is InChI=1S/C20H22INO2/c1-6-12-24-19(23)16-15(14-10-8-7-9-11-14)13(2)18(21)22-17(16)20(3,4)5/h6-11H,1,12H2,2-5H3. The fraction of sp³-hybridized carbons (Fsp3) is 0.300. The van der Waals surface area contributed by atoms with E-state index in [1.54, 1.807) is 6.08 Å². The van der Waals surface area contributed by atoms with Crippen LogP contribution in [0, 0.1) is 10.6 Å². The number of nitrogens with zero attached hydrogens (tertiary/aromatic N) is 1. The van der Waals surface area contributed by atoms with Crippen molar-refractivity contribution >= 4 is 28.6 Å². The van der Waals surface area contributed by atoms with Crippen molar-refractivity contribution in [3.05, 3.63) is 63.5 Å². The third-order valence-corrected chi connectivity index (χ3v) is 4.74. The summed E-state index contributed by atoms with van der Waals surface area (Å²) in [7, 11) is 0. The molecular weight excluding hydrogens is 413 g/mol. The largest absolute Gasteiger partial charge is 0.458 e. The Balaban J connectivity index is 2.82. The number of esters is 1. The Morgan fingerprint density at radius 1 is 1.29 bits per heavy atom. The van der Waals surface area contributed by atoms with Crippen LogP contribution in [0.25, 0.3) is 11.1 Å². The van der Waals surface area contributed by atoms with Gasteiger partial charge in [-0.25, -0.2) is 9.78 Å². The van der Waals surface area contributed by atoms with Gasteiger partial charge in [0.25, 0.3) is 0 Å². The normalized spacial score (nSPS) is 11.2. The summed E-state index contributed by atoms with van der Waals surface area (Å²) in [6.45, 7) is 12.0. The number of carbonyl (C=O) groups is 1. The van der Waals surface area contributed by atoms with Crippen LogP contribution in [0.3, 0.4) is 0 Å². The van der Waals surface area contributed by atoms with Crippen molar-refractivity contribution < 1.29 is 9.53 Å². The predicted molar refractivity (Wildman–Crippen MR) is 106 cm³/mol. The highest BCUT2D eigenvalue weighted by molar-refractivity contribution is 14.1. The summed E-state index contributed by atoms with van der Waals surface area (Å²) in [5, 5.41) is 0. The summed E-state index contributed by atoms with van der Waals surface area (Å²) in [6, 6.07) is 9.92. The van der Waals surface area contributed by atoms with Gasteiger partial charge in [0.15, 0.2) is 0 Å². The fourth-order valence-corrected chi connectivity index (χ4v) is 3.07. The van der Waals surface area contributed by atoms with E-state index in [4.69, 9.17) is 9.72 Å². The lowest BCUT2D eigenvalue weighted by molar-refractivity contribution is 0.0547. The van der Waals surface area contributed by atoms with E-state index in [0.29, 0.717) is 5.56 Å². The Morgan fingerprint density at radius 3 is 2.46 bits per heavy atom. The van der Waals surface area contributed by atoms with Gasteiger partial charge < -0.3 is 4.74 Å². The molecule has 0 atom stereocenters. The number of ether oxygens (including phenoxy) is 1. The quantitative estimate of drug-likeness (QED) is 0.283. The molecule has 0 bridgehead atoms. The first-order valence-corrected chi connectivity index (χ1v) is 8.89. The van der Waals surface area contributed by atoms with Crippen molar-refractivity contribution in [1.82, 2.24) is 4.98 Å². The van der Waals surface area contributed by atoms with Crippen LogP contribution in [-0.2, 0) is 10.2 Å². The number of benzene rings is 1. The fourth-order valence-electron chi connectivity index (χ4n) is 2.56. The van der Waals surface area contributed by atoms with Crippen LogP contribution in [0.15, 0.2) is 43.0 Å². The van der Waals surface area contributed by atoms with Crippen molar-refractivity contribution in [2.24, 2.45) is 0 Å². The molecule has 0 saturated carbocycles. The summed E-state index contributed by atoms with van der Waals surface area (Å²) >= 11 is 2.23. The molecule has 1 aromatic heterocycles. The molecular formula is C20H22INO2. The van der Waals surface area contributed by atoms with E-state index < -0.39 is 0 Å². The number of carbonyl (C=O) groups excluding carboxylic acids is 1. The molecule has 0 saturated heterocycles. The maximum Gasteiger partial charge on any atom is 0.340 e. The van der Waals surface area contributed by atoms with Crippen LogP contribution in [0.4, 0.5) is 0 Å². The Bertz CT molecular complexity index is 761. The number of hydrogen-bond acceptors (Lipinski definition) is 3. The van der Waals surface area contributed by atoms with E-state index >= 15 is 0 Å². The van der Waals surface area contributed by atoms with Crippen LogP contribution < -0.4 is 0 Å². The average Bonchev–Trinajstić information content (AvgIpc) is 2.54. The molecule has 0 amide bonds. The van der Waals surface area contributed by atoms with Crippen LogP contribution in [-0.4, -0.2) is 17.6 Å². The van der Waals surface area contributed by atoms with Crippen molar-refractivity contribution in [3.8, 4) is 11.1 Å². The summed E-state index contributed by atoms with van der Waals surface area (Å²) in [5.74, 6) is -0.356. The van der Waals surface area contributed by atoms with Gasteiger partial charge in [-0.15, -0.1) is 0 Å². The van der Waals surface area contributed by atoms with Crippen LogP contribution >= 0.6 is 22.6 Å². The SMILES string of the molecule is C=CCOC(=O)c1c(C(C)(C)C)nc(I)c(C)c1-c1ccccc1. The third kappa shape index (κ3) is 3.86. The van der Waals surface area contributed by atoms with Crippen LogP contribution in [0.1, 0.15) is 42.4 Å². The van der Waals surface area contributed by atoms with E-state index in [0.717, 1.165) is 26.1 Å². The molecule has 0 fully saturated rings. The van der Waals surface area contributed by atoms with Crippen LogP contribution in [0.5, 0.6) is 0 Å². The number of pyridine rings is 1. The maximum absolute atomic E-state index is 12.8. The number of aromatic nitrogens is 1. The Labute approximate surface area is 157 Å². The minimum Gasteiger partial charge on any atom is -0.458 e. The summed E-state index contributed by atoms with van der Waals surface area (Å²) in [5.41, 5.74) is 3.90. The minimum absolute atomic E-state index is 0.182. The number of hydrogen-bond donors (Lipinski definition) is 0. The predicted octanol–water partition coefficient (Wildman–Crippen LogP) is 5.30. The zero-order valence-electron chi connectivity index (χ0n) is 14.5. The van der Waals surface area contributed by atoms with Crippen molar-refractivity contribution in [1.29, 1.82) is 0 Å². The van der Waals surface area contributed by atoms with E-state index in [-0.39, 0.29) is 18.0 Å². The first kappa shape index (κ1) is 18.6. The molecule has 3 nitrogen and oxygen atoms in total. The zero-order valence-corrected chi connectivity index (χ0v) is 16.7. The highest BCUT2D eigenvalue weighted by atomic mass is 127. The molecule has 1 heterocycles. The Morgan fingerprint density at radius 2 is 1.92 bits per heavy atom. The van der Waals surface area contributed by atoms with Gasteiger partial charge in [-0.05, 0) is 40.6 Å². The molecule has 0 spiro atoms. The van der Waals surface area contributed by atoms with Crippen molar-refractivity contribution in [2.45, 2.75) is 33.1 Å². The summed E-state index contributed by atoms with van der Waals surface area (Å²) in [4.78, 5) is 17.5. The lowest BCUT2D eigenvalue weighted by Crippen LogP contribution is -2.23. The van der Waals surface area contributed by atoms with E-state index in [1.807, 2.05) is 37.3 Å². The molecule has 2 aromatic rings. The Kier molecular flexibility index (Phi) is 5.80. The highest BCUT2D eigenvalue weighted by Crippen LogP contribution is 2.36. The first-order valence-electron chi connectivity index (χ1n) is 7.81. The lowest BCUT2D eigenvalue weighted by Gasteiger charge is -2.25. The van der Waals surface area contributed by atoms with Gasteiger partial charge >= 0.3 is 5.97 Å². The summed E-state index contributed by atoms with van der Waals surface area (Å²) in [6.07, 6.45) is 1.57. The Hall–Kier alpha value is -1.69. The van der Waals surface area contributed by atoms with Crippen molar-refractivity contribution in [2.75, 3.05) is 6.61 Å². The smallest absolute Gasteiger partial charge is 0.340 e. The molecule has 1 aromatic carbocycles. The second kappa shape index (κ2) is 7.47. The molecule has 0 aliphatic rings.